The molecule has 2 aliphatic rings. The lowest BCUT2D eigenvalue weighted by Crippen LogP contribution is -2.32. The molecule has 0 bridgehead atoms. The number of likely N-dealkylation sites (tertiary alicyclic amines) is 1. The molecule has 1 fully saturated rings. The molecule has 25 heavy (non-hydrogen) atoms. The van der Waals surface area contributed by atoms with Crippen molar-refractivity contribution in [2.24, 2.45) is 5.41 Å². The van der Waals surface area contributed by atoms with Gasteiger partial charge in [-0.05, 0) is 36.9 Å². The average molecular weight is 370 g/mol. The highest BCUT2D eigenvalue weighted by molar-refractivity contribution is 7.14. The van der Waals surface area contributed by atoms with Crippen LogP contribution in [0.4, 0.5) is 0 Å². The Labute approximate surface area is 154 Å². The van der Waals surface area contributed by atoms with E-state index in [4.69, 9.17) is 0 Å². The molecule has 2 aliphatic heterocycles. The first-order valence-electron chi connectivity index (χ1n) is 8.58. The molecule has 0 unspecified atom stereocenters. The maximum Gasteiger partial charge on any atom is 0.263 e. The number of hydrogen-bond donors (Lipinski definition) is 0. The van der Waals surface area contributed by atoms with E-state index in [1.807, 2.05) is 23.2 Å². The minimum Gasteiger partial charge on any atom is -0.337 e. The lowest BCUT2D eigenvalue weighted by atomic mass is 9.86. The van der Waals surface area contributed by atoms with E-state index in [1.165, 1.54) is 21.3 Å². The summed E-state index contributed by atoms with van der Waals surface area (Å²) in [6.45, 7) is 4.72. The first-order valence-corrected chi connectivity index (χ1v) is 10.3. The number of nitrogens with zero attached hydrogens (tertiary/aromatic N) is 3. The predicted molar refractivity (Wildman–Crippen MR) is 101 cm³/mol. The summed E-state index contributed by atoms with van der Waals surface area (Å²) in [5.74, 6) is 1.36. The highest BCUT2D eigenvalue weighted by atomic mass is 32.1. The Morgan fingerprint density at radius 2 is 2.20 bits per heavy atom. The van der Waals surface area contributed by atoms with Crippen LogP contribution in [0.2, 0.25) is 0 Å². The van der Waals surface area contributed by atoms with Crippen molar-refractivity contribution in [2.75, 3.05) is 13.1 Å². The molecule has 1 saturated heterocycles. The summed E-state index contributed by atoms with van der Waals surface area (Å²) in [4.78, 5) is 22.8. The molecule has 1 atom stereocenters. The Hall–Kier alpha value is -1.92. The normalized spacial score (nSPS) is 22.0. The molecular formula is C19H19N3OS2. The number of carbonyl (C=O) groups excluding carboxylic acids is 1. The Kier molecular flexibility index (Phi) is 3.40. The quantitative estimate of drug-likeness (QED) is 0.683. The molecule has 0 aliphatic carbocycles. The largest absolute Gasteiger partial charge is 0.337 e. The van der Waals surface area contributed by atoms with Gasteiger partial charge >= 0.3 is 0 Å². The van der Waals surface area contributed by atoms with Crippen LogP contribution in [0.1, 0.15) is 26.8 Å². The van der Waals surface area contributed by atoms with Crippen LogP contribution < -0.4 is 0 Å². The van der Waals surface area contributed by atoms with Gasteiger partial charge in [-0.15, -0.1) is 22.7 Å². The molecule has 3 aromatic rings. The van der Waals surface area contributed by atoms with E-state index in [0.29, 0.717) is 0 Å². The van der Waals surface area contributed by atoms with Crippen molar-refractivity contribution in [3.8, 4) is 10.6 Å². The SMILES string of the molecule is Cc1ccc(C(=O)N2CC[C@]3(Cc4ncc(-c5cccs5)n4C3)C2)s1. The Morgan fingerprint density at radius 3 is 2.96 bits per heavy atom. The highest BCUT2D eigenvalue weighted by Gasteiger charge is 2.46. The molecule has 4 nitrogen and oxygen atoms in total. The molecule has 5 rings (SSSR count). The predicted octanol–water partition coefficient (Wildman–Crippen LogP) is 4.07. The van der Waals surface area contributed by atoms with Crippen LogP contribution in [-0.4, -0.2) is 33.4 Å². The minimum absolute atomic E-state index is 0.164. The molecule has 0 radical (unpaired) electrons. The fraction of sp³-hybridized carbons (Fsp3) is 0.368. The van der Waals surface area contributed by atoms with E-state index in [9.17, 15) is 4.79 Å². The number of carbonyl (C=O) groups is 1. The molecule has 0 aromatic carbocycles. The summed E-state index contributed by atoms with van der Waals surface area (Å²) in [5.41, 5.74) is 1.39. The molecule has 5 heterocycles. The Bertz CT molecular complexity index is 940. The van der Waals surface area contributed by atoms with Crippen molar-refractivity contribution in [1.82, 2.24) is 14.5 Å². The van der Waals surface area contributed by atoms with E-state index in [2.05, 4.69) is 34.0 Å². The topological polar surface area (TPSA) is 38.1 Å². The Balaban J connectivity index is 1.37. The Morgan fingerprint density at radius 1 is 1.28 bits per heavy atom. The van der Waals surface area contributed by atoms with Gasteiger partial charge in [-0.3, -0.25) is 4.79 Å². The number of fused-ring (bicyclic) bond motifs is 1. The number of hydrogen-bond acceptors (Lipinski definition) is 4. The number of aromatic nitrogens is 2. The highest BCUT2D eigenvalue weighted by Crippen LogP contribution is 2.43. The third kappa shape index (κ3) is 2.47. The minimum atomic E-state index is 0.164. The second-order valence-corrected chi connectivity index (χ2v) is 9.42. The van der Waals surface area contributed by atoms with Crippen LogP contribution in [-0.2, 0) is 13.0 Å². The lowest BCUT2D eigenvalue weighted by molar-refractivity contribution is 0.0776. The van der Waals surface area contributed by atoms with Crippen LogP contribution >= 0.6 is 22.7 Å². The zero-order valence-corrected chi connectivity index (χ0v) is 15.7. The summed E-state index contributed by atoms with van der Waals surface area (Å²) in [5, 5.41) is 2.11. The molecule has 0 N–H and O–H groups in total. The zero-order chi connectivity index (χ0) is 17.0. The van der Waals surface area contributed by atoms with Gasteiger partial charge in [-0.2, -0.15) is 0 Å². The van der Waals surface area contributed by atoms with Crippen LogP contribution in [0.5, 0.6) is 0 Å². The van der Waals surface area contributed by atoms with Gasteiger partial charge in [0.15, 0.2) is 0 Å². The molecule has 1 amide bonds. The molecule has 128 valence electrons. The third-order valence-corrected chi connectivity index (χ3v) is 7.30. The van der Waals surface area contributed by atoms with Gasteiger partial charge in [0, 0.05) is 36.3 Å². The van der Waals surface area contributed by atoms with Crippen LogP contribution in [0, 0.1) is 12.3 Å². The van der Waals surface area contributed by atoms with Crippen LogP contribution in [0.3, 0.4) is 0 Å². The maximum atomic E-state index is 12.8. The van der Waals surface area contributed by atoms with Crippen molar-refractivity contribution in [3.05, 3.63) is 51.4 Å². The summed E-state index contributed by atoms with van der Waals surface area (Å²) in [6, 6.07) is 8.23. The van der Waals surface area contributed by atoms with Crippen molar-refractivity contribution in [1.29, 1.82) is 0 Å². The number of aryl methyl sites for hydroxylation is 1. The van der Waals surface area contributed by atoms with E-state index in [1.54, 1.807) is 22.7 Å². The second kappa shape index (κ2) is 5.54. The molecule has 0 saturated carbocycles. The molecule has 1 spiro atoms. The smallest absolute Gasteiger partial charge is 0.263 e. The van der Waals surface area contributed by atoms with E-state index >= 15 is 0 Å². The van der Waals surface area contributed by atoms with Gasteiger partial charge in [0.05, 0.1) is 21.6 Å². The summed E-state index contributed by atoms with van der Waals surface area (Å²) < 4.78 is 2.37. The van der Waals surface area contributed by atoms with E-state index < -0.39 is 0 Å². The maximum absolute atomic E-state index is 12.8. The van der Waals surface area contributed by atoms with E-state index in [-0.39, 0.29) is 11.3 Å². The molecular weight excluding hydrogens is 350 g/mol. The monoisotopic (exact) mass is 369 g/mol. The molecule has 3 aromatic heterocycles. The second-order valence-electron chi connectivity index (χ2n) is 7.19. The summed E-state index contributed by atoms with van der Waals surface area (Å²) >= 11 is 3.35. The first kappa shape index (κ1) is 15.3. The van der Waals surface area contributed by atoms with Crippen molar-refractivity contribution < 1.29 is 4.79 Å². The fourth-order valence-corrected chi connectivity index (χ4v) is 5.75. The van der Waals surface area contributed by atoms with Crippen LogP contribution in [0.25, 0.3) is 10.6 Å². The summed E-state index contributed by atoms with van der Waals surface area (Å²) in [6.07, 6.45) is 4.04. The first-order chi connectivity index (χ1) is 12.1. The zero-order valence-electron chi connectivity index (χ0n) is 14.1. The van der Waals surface area contributed by atoms with Gasteiger partial charge < -0.3 is 9.47 Å². The standard InChI is InChI=1S/C19H19N3OS2/c1-13-4-5-16(25-13)18(23)21-7-6-19(11-21)9-17-20-10-14(22(17)12-19)15-3-2-8-24-15/h2-5,8,10H,6-7,9,11-12H2,1H3/t19-/m0/s1. The lowest BCUT2D eigenvalue weighted by Gasteiger charge is -2.23. The van der Waals surface area contributed by atoms with Crippen LogP contribution in [0.15, 0.2) is 35.8 Å². The van der Waals surface area contributed by atoms with Gasteiger partial charge in [0.25, 0.3) is 5.91 Å². The third-order valence-electron chi connectivity index (χ3n) is 5.42. The van der Waals surface area contributed by atoms with Gasteiger partial charge in [-0.1, -0.05) is 6.07 Å². The van der Waals surface area contributed by atoms with Gasteiger partial charge in [0.1, 0.15) is 5.82 Å². The van der Waals surface area contributed by atoms with Crippen molar-refractivity contribution in [3.63, 3.8) is 0 Å². The number of rotatable bonds is 2. The van der Waals surface area contributed by atoms with Crippen molar-refractivity contribution in [2.45, 2.75) is 26.3 Å². The number of imidazole rings is 1. The number of amides is 1. The van der Waals surface area contributed by atoms with Gasteiger partial charge in [0.2, 0.25) is 0 Å². The van der Waals surface area contributed by atoms with E-state index in [0.717, 1.165) is 37.4 Å². The fourth-order valence-electron chi connectivity index (χ4n) is 4.17. The number of thiophene rings is 2. The van der Waals surface area contributed by atoms with Crippen molar-refractivity contribution >= 4 is 28.6 Å². The van der Waals surface area contributed by atoms with Gasteiger partial charge in [-0.25, -0.2) is 4.98 Å². The molecule has 6 heteroatoms. The average Bonchev–Trinajstić information content (AvgIpc) is 3.36. The summed E-state index contributed by atoms with van der Waals surface area (Å²) in [7, 11) is 0.